The Labute approximate surface area is 181 Å². The maximum absolute atomic E-state index is 11.4. The summed E-state index contributed by atoms with van der Waals surface area (Å²) in [6.45, 7) is 7.15. The minimum absolute atomic E-state index is 0.291. The smallest absolute Gasteiger partial charge is 0.320 e. The Kier molecular flexibility index (Phi) is 9.08. The van der Waals surface area contributed by atoms with Crippen LogP contribution in [0.5, 0.6) is 11.5 Å². The summed E-state index contributed by atoms with van der Waals surface area (Å²) in [4.78, 5) is 11.4. The molecule has 1 unspecified atom stereocenters. The molecule has 0 bridgehead atoms. The number of ether oxygens (including phenoxy) is 2. The van der Waals surface area contributed by atoms with E-state index < -0.39 is 12.0 Å². The van der Waals surface area contributed by atoms with Crippen LogP contribution in [0.4, 0.5) is 0 Å². The Morgan fingerprint density at radius 2 is 1.76 bits per heavy atom. The molecule has 29 heavy (non-hydrogen) atoms. The van der Waals surface area contributed by atoms with Crippen molar-refractivity contribution in [2.45, 2.75) is 46.4 Å². The van der Waals surface area contributed by atoms with E-state index in [-0.39, 0.29) is 0 Å². The molecule has 2 rings (SSSR count). The lowest BCUT2D eigenvalue weighted by Crippen LogP contribution is -2.37. The van der Waals surface area contributed by atoms with Crippen molar-refractivity contribution < 1.29 is 19.4 Å². The van der Waals surface area contributed by atoms with E-state index in [0.717, 1.165) is 11.1 Å². The summed E-state index contributed by atoms with van der Waals surface area (Å²) < 4.78 is 11.6. The van der Waals surface area contributed by atoms with Gasteiger partial charge in [-0.05, 0) is 54.7 Å². The van der Waals surface area contributed by atoms with Crippen LogP contribution >= 0.6 is 23.2 Å². The maximum Gasteiger partial charge on any atom is 0.320 e. The summed E-state index contributed by atoms with van der Waals surface area (Å²) >= 11 is 12.0. The predicted molar refractivity (Wildman–Crippen MR) is 116 cm³/mol. The highest BCUT2D eigenvalue weighted by Crippen LogP contribution is 2.30. The Hall–Kier alpha value is -1.95. The van der Waals surface area contributed by atoms with Crippen LogP contribution in [0.15, 0.2) is 36.4 Å². The van der Waals surface area contributed by atoms with E-state index in [2.05, 4.69) is 5.32 Å². The molecular formula is C22H27Cl2NO4. The third-order valence-electron chi connectivity index (χ3n) is 4.24. The second-order valence-electron chi connectivity index (χ2n) is 7.15. The minimum atomic E-state index is -0.842. The van der Waals surface area contributed by atoms with Crippen molar-refractivity contribution >= 4 is 29.2 Å². The molecule has 0 saturated heterocycles. The molecule has 0 saturated carbocycles. The van der Waals surface area contributed by atoms with Gasteiger partial charge >= 0.3 is 5.97 Å². The topological polar surface area (TPSA) is 67.8 Å². The zero-order chi connectivity index (χ0) is 21.4. The summed E-state index contributed by atoms with van der Waals surface area (Å²) in [5, 5.41) is 13.5. The molecule has 0 aliphatic carbocycles. The second kappa shape index (κ2) is 11.3. The van der Waals surface area contributed by atoms with Gasteiger partial charge < -0.3 is 19.9 Å². The quantitative estimate of drug-likeness (QED) is 0.479. The Balaban J connectivity index is 2.06. The van der Waals surface area contributed by atoms with E-state index in [4.69, 9.17) is 32.7 Å². The van der Waals surface area contributed by atoms with Gasteiger partial charge in [0.1, 0.15) is 12.6 Å². The monoisotopic (exact) mass is 439 g/mol. The van der Waals surface area contributed by atoms with Gasteiger partial charge in [-0.3, -0.25) is 4.79 Å². The van der Waals surface area contributed by atoms with E-state index in [9.17, 15) is 9.90 Å². The fourth-order valence-electron chi connectivity index (χ4n) is 2.82. The van der Waals surface area contributed by atoms with Gasteiger partial charge in [0.25, 0.3) is 0 Å². The van der Waals surface area contributed by atoms with Crippen LogP contribution in [0.1, 0.15) is 38.3 Å². The molecule has 0 aromatic heterocycles. The number of carbonyl (C=O) groups is 1. The molecular weight excluding hydrogens is 413 g/mol. The maximum atomic E-state index is 11.4. The van der Waals surface area contributed by atoms with E-state index in [1.54, 1.807) is 12.1 Å². The lowest BCUT2D eigenvalue weighted by atomic mass is 10.0. The molecule has 0 heterocycles. The number of aliphatic carboxylic acids is 1. The number of carboxylic acids is 1. The Morgan fingerprint density at radius 3 is 2.38 bits per heavy atom. The SMILES string of the molecule is CCOc1cc(CNC(CC(C)C)C(=O)O)ccc1OCc1ccc(Cl)c(Cl)c1. The normalized spacial score (nSPS) is 12.1. The molecule has 0 spiro atoms. The lowest BCUT2D eigenvalue weighted by molar-refractivity contribution is -0.140. The zero-order valence-corrected chi connectivity index (χ0v) is 18.4. The molecule has 0 aliphatic heterocycles. The first-order valence-electron chi connectivity index (χ1n) is 9.58. The van der Waals surface area contributed by atoms with E-state index in [1.165, 1.54) is 0 Å². The van der Waals surface area contributed by atoms with Crippen molar-refractivity contribution in [1.82, 2.24) is 5.32 Å². The highest BCUT2D eigenvalue weighted by atomic mass is 35.5. The predicted octanol–water partition coefficient (Wildman–Crippen LogP) is 5.56. The molecule has 7 heteroatoms. The van der Waals surface area contributed by atoms with Crippen molar-refractivity contribution in [3.05, 3.63) is 57.6 Å². The first-order valence-corrected chi connectivity index (χ1v) is 10.3. The van der Waals surface area contributed by atoms with Gasteiger partial charge in [0.05, 0.1) is 16.7 Å². The van der Waals surface area contributed by atoms with Crippen LogP contribution in [0.2, 0.25) is 10.0 Å². The zero-order valence-electron chi connectivity index (χ0n) is 16.9. The number of rotatable bonds is 11. The molecule has 2 N–H and O–H groups in total. The third-order valence-corrected chi connectivity index (χ3v) is 4.98. The highest BCUT2D eigenvalue weighted by Gasteiger charge is 2.18. The van der Waals surface area contributed by atoms with E-state index >= 15 is 0 Å². The molecule has 0 amide bonds. The summed E-state index contributed by atoms with van der Waals surface area (Å²) in [5.41, 5.74) is 1.82. The molecule has 2 aromatic rings. The summed E-state index contributed by atoms with van der Waals surface area (Å²) in [5.74, 6) is 0.672. The Morgan fingerprint density at radius 1 is 1.03 bits per heavy atom. The van der Waals surface area contributed by atoms with Gasteiger partial charge in [-0.1, -0.05) is 49.2 Å². The van der Waals surface area contributed by atoms with Crippen molar-refractivity contribution in [1.29, 1.82) is 0 Å². The lowest BCUT2D eigenvalue weighted by Gasteiger charge is -2.18. The molecule has 0 radical (unpaired) electrons. The van der Waals surface area contributed by atoms with Crippen molar-refractivity contribution in [3.8, 4) is 11.5 Å². The second-order valence-corrected chi connectivity index (χ2v) is 7.97. The van der Waals surface area contributed by atoms with Crippen LogP contribution in [0.3, 0.4) is 0 Å². The van der Waals surface area contributed by atoms with Gasteiger partial charge in [-0.25, -0.2) is 0 Å². The van der Waals surface area contributed by atoms with Crippen molar-refractivity contribution in [2.75, 3.05) is 6.61 Å². The van der Waals surface area contributed by atoms with Gasteiger partial charge in [0.15, 0.2) is 11.5 Å². The molecule has 0 aliphatic rings. The number of carboxylic acid groups (broad SMARTS) is 1. The largest absolute Gasteiger partial charge is 0.490 e. The van der Waals surface area contributed by atoms with Crippen LogP contribution in [0.25, 0.3) is 0 Å². The van der Waals surface area contributed by atoms with Gasteiger partial charge in [0, 0.05) is 6.54 Å². The van der Waals surface area contributed by atoms with Gasteiger partial charge in [-0.15, -0.1) is 0 Å². The number of hydrogen-bond donors (Lipinski definition) is 2. The van der Waals surface area contributed by atoms with Gasteiger partial charge in [0.2, 0.25) is 0 Å². The summed E-state index contributed by atoms with van der Waals surface area (Å²) in [7, 11) is 0. The third kappa shape index (κ3) is 7.42. The fraction of sp³-hybridized carbons (Fsp3) is 0.409. The number of benzene rings is 2. The number of hydrogen-bond acceptors (Lipinski definition) is 4. The van der Waals surface area contributed by atoms with Gasteiger partial charge in [-0.2, -0.15) is 0 Å². The van der Waals surface area contributed by atoms with Crippen molar-refractivity contribution in [2.24, 2.45) is 5.92 Å². The van der Waals surface area contributed by atoms with Crippen molar-refractivity contribution in [3.63, 3.8) is 0 Å². The fourth-order valence-corrected chi connectivity index (χ4v) is 3.15. The average molecular weight is 440 g/mol. The van der Waals surface area contributed by atoms with Crippen LogP contribution in [-0.4, -0.2) is 23.7 Å². The minimum Gasteiger partial charge on any atom is -0.490 e. The average Bonchev–Trinajstić information content (AvgIpc) is 2.66. The van der Waals surface area contributed by atoms with Crippen LogP contribution < -0.4 is 14.8 Å². The van der Waals surface area contributed by atoms with Crippen LogP contribution in [-0.2, 0) is 17.9 Å². The highest BCUT2D eigenvalue weighted by molar-refractivity contribution is 6.42. The number of nitrogens with one attached hydrogen (secondary N) is 1. The standard InChI is InChI=1S/C22H27Cl2NO4/c1-4-28-21-11-15(12-25-19(22(26)27)9-14(2)3)6-8-20(21)29-13-16-5-7-17(23)18(24)10-16/h5-8,10-11,14,19,25H,4,9,12-13H2,1-3H3,(H,26,27). The molecule has 5 nitrogen and oxygen atoms in total. The van der Waals surface area contributed by atoms with E-state index in [0.29, 0.717) is 53.6 Å². The first kappa shape index (κ1) is 23.3. The summed E-state index contributed by atoms with van der Waals surface area (Å²) in [6.07, 6.45) is 0.568. The van der Waals surface area contributed by atoms with Crippen LogP contribution in [0, 0.1) is 5.92 Å². The molecule has 158 valence electrons. The molecule has 1 atom stereocenters. The number of halogens is 2. The first-order chi connectivity index (χ1) is 13.8. The summed E-state index contributed by atoms with van der Waals surface area (Å²) in [6, 6.07) is 10.4. The Bertz CT molecular complexity index is 826. The molecule has 0 fully saturated rings. The van der Waals surface area contributed by atoms with E-state index in [1.807, 2.05) is 45.0 Å². The molecule has 2 aromatic carbocycles.